The van der Waals surface area contributed by atoms with E-state index < -0.39 is 0 Å². The molecule has 0 aromatic carbocycles. The van der Waals surface area contributed by atoms with Crippen molar-refractivity contribution in [2.24, 2.45) is 0 Å². The van der Waals surface area contributed by atoms with E-state index in [1.165, 1.54) is 11.5 Å². The molecule has 0 bridgehead atoms. The van der Waals surface area contributed by atoms with E-state index in [9.17, 15) is 0 Å². The van der Waals surface area contributed by atoms with Gasteiger partial charge in [-0.05, 0) is 17.6 Å². The van der Waals surface area contributed by atoms with Crippen molar-refractivity contribution in [2.75, 3.05) is 26.2 Å². The number of rotatable bonds is 1. The molecule has 14 heavy (non-hydrogen) atoms. The summed E-state index contributed by atoms with van der Waals surface area (Å²) >= 11 is 1.50. The summed E-state index contributed by atoms with van der Waals surface area (Å²) in [6.07, 6.45) is 0. The van der Waals surface area contributed by atoms with Crippen molar-refractivity contribution in [3.63, 3.8) is 0 Å². The highest BCUT2D eigenvalue weighted by molar-refractivity contribution is 7.03. The highest BCUT2D eigenvalue weighted by atomic mass is 32.1. The van der Waals surface area contributed by atoms with Gasteiger partial charge in [0.15, 0.2) is 0 Å². The monoisotopic (exact) mass is 211 g/mol. The molecule has 0 amide bonds. The van der Waals surface area contributed by atoms with Crippen LogP contribution in [0.15, 0.2) is 11.4 Å². The molecule has 0 saturated carbocycles. The second-order valence-corrected chi connectivity index (χ2v) is 4.49. The van der Waals surface area contributed by atoms with Crippen LogP contribution < -0.4 is 10.6 Å². The van der Waals surface area contributed by atoms with Gasteiger partial charge < -0.3 is 15.4 Å². The van der Waals surface area contributed by atoms with Crippen molar-refractivity contribution in [3.8, 4) is 0 Å². The molecule has 0 aliphatic carbocycles. The van der Waals surface area contributed by atoms with Crippen molar-refractivity contribution >= 4 is 11.5 Å². The first-order chi connectivity index (χ1) is 6.91. The molecule has 0 radical (unpaired) electrons. The fourth-order valence-electron chi connectivity index (χ4n) is 2.15. The Kier molecular flexibility index (Phi) is 2.05. The zero-order chi connectivity index (χ0) is 9.43. The lowest BCUT2D eigenvalue weighted by atomic mass is 9.84. The van der Waals surface area contributed by atoms with Crippen molar-refractivity contribution in [1.29, 1.82) is 0 Å². The van der Waals surface area contributed by atoms with Crippen LogP contribution in [-0.2, 0) is 4.74 Å². The molecule has 2 N–H and O–H groups in total. The third-order valence-electron chi connectivity index (χ3n) is 2.97. The lowest BCUT2D eigenvalue weighted by Crippen LogP contribution is -2.69. The SMILES string of the molecule is c1cc(C2NCCOC23CNC3)ns1. The van der Waals surface area contributed by atoms with Gasteiger partial charge in [-0.2, -0.15) is 4.37 Å². The third-order valence-corrected chi connectivity index (χ3v) is 3.54. The predicted molar refractivity (Wildman–Crippen MR) is 54.4 cm³/mol. The third kappa shape index (κ3) is 1.20. The summed E-state index contributed by atoms with van der Waals surface area (Å²) in [6.45, 7) is 3.59. The number of hydrogen-bond acceptors (Lipinski definition) is 5. The fraction of sp³-hybridized carbons (Fsp3) is 0.667. The van der Waals surface area contributed by atoms with E-state index in [1.54, 1.807) is 0 Å². The molecule has 1 atom stereocenters. The summed E-state index contributed by atoms with van der Waals surface area (Å²) in [6, 6.07) is 2.35. The maximum Gasteiger partial charge on any atom is 0.114 e. The largest absolute Gasteiger partial charge is 0.369 e. The molecule has 1 spiro atoms. The van der Waals surface area contributed by atoms with Crippen LogP contribution in [0.3, 0.4) is 0 Å². The van der Waals surface area contributed by atoms with Crippen LogP contribution in [-0.4, -0.2) is 36.2 Å². The minimum absolute atomic E-state index is 0.0354. The van der Waals surface area contributed by atoms with Crippen molar-refractivity contribution in [2.45, 2.75) is 11.6 Å². The number of nitrogens with zero attached hydrogens (tertiary/aromatic N) is 1. The molecule has 4 nitrogen and oxygen atoms in total. The Balaban J connectivity index is 1.88. The minimum atomic E-state index is -0.0354. The summed E-state index contributed by atoms with van der Waals surface area (Å²) in [5.41, 5.74) is 1.09. The van der Waals surface area contributed by atoms with Gasteiger partial charge in [0.1, 0.15) is 5.60 Å². The minimum Gasteiger partial charge on any atom is -0.369 e. The molecule has 1 aromatic heterocycles. The molecule has 3 heterocycles. The second-order valence-electron chi connectivity index (χ2n) is 3.83. The van der Waals surface area contributed by atoms with Crippen LogP contribution in [0.4, 0.5) is 0 Å². The summed E-state index contributed by atoms with van der Waals surface area (Å²) in [5.74, 6) is 0. The summed E-state index contributed by atoms with van der Waals surface area (Å²) in [4.78, 5) is 0. The summed E-state index contributed by atoms with van der Waals surface area (Å²) in [5, 5.41) is 8.79. The van der Waals surface area contributed by atoms with E-state index in [4.69, 9.17) is 4.74 Å². The average Bonchev–Trinajstić information content (AvgIpc) is 2.68. The van der Waals surface area contributed by atoms with Crippen molar-refractivity contribution < 1.29 is 4.74 Å². The average molecular weight is 211 g/mol. The first-order valence-electron chi connectivity index (χ1n) is 4.89. The number of hydrogen-bond donors (Lipinski definition) is 2. The van der Waals surface area contributed by atoms with Gasteiger partial charge in [-0.15, -0.1) is 0 Å². The first kappa shape index (κ1) is 8.79. The van der Waals surface area contributed by atoms with Gasteiger partial charge >= 0.3 is 0 Å². The van der Waals surface area contributed by atoms with E-state index in [0.717, 1.165) is 31.9 Å². The van der Waals surface area contributed by atoms with Crippen LogP contribution in [0.5, 0.6) is 0 Å². The predicted octanol–water partition coefficient (Wildman–Crippen LogP) is 0.146. The Hall–Kier alpha value is -0.490. The van der Waals surface area contributed by atoms with Gasteiger partial charge in [0, 0.05) is 25.0 Å². The number of ether oxygens (including phenoxy) is 1. The molecule has 2 aliphatic heterocycles. The van der Waals surface area contributed by atoms with Crippen LogP contribution >= 0.6 is 11.5 Å². The maximum atomic E-state index is 5.88. The van der Waals surface area contributed by atoms with Crippen LogP contribution in [0.25, 0.3) is 0 Å². The second kappa shape index (κ2) is 3.27. The number of nitrogens with one attached hydrogen (secondary N) is 2. The Morgan fingerprint density at radius 3 is 3.14 bits per heavy atom. The van der Waals surface area contributed by atoms with Gasteiger partial charge in [-0.1, -0.05) is 0 Å². The highest BCUT2D eigenvalue weighted by Gasteiger charge is 2.48. The van der Waals surface area contributed by atoms with Gasteiger partial charge in [-0.3, -0.25) is 0 Å². The zero-order valence-corrected chi connectivity index (χ0v) is 8.64. The molecule has 76 valence electrons. The molecular formula is C9H13N3OS. The van der Waals surface area contributed by atoms with E-state index in [-0.39, 0.29) is 11.6 Å². The van der Waals surface area contributed by atoms with Crippen LogP contribution in [0.1, 0.15) is 11.7 Å². The summed E-state index contributed by atoms with van der Waals surface area (Å²) < 4.78 is 10.3. The van der Waals surface area contributed by atoms with E-state index in [0.29, 0.717) is 0 Å². The maximum absolute atomic E-state index is 5.88. The Labute approximate surface area is 86.8 Å². The number of aromatic nitrogens is 1. The Bertz CT molecular complexity index is 310. The first-order valence-corrected chi connectivity index (χ1v) is 5.73. The highest BCUT2D eigenvalue weighted by Crippen LogP contribution is 2.34. The van der Waals surface area contributed by atoms with Gasteiger partial charge in [0.05, 0.1) is 18.3 Å². The zero-order valence-electron chi connectivity index (χ0n) is 7.82. The lowest BCUT2D eigenvalue weighted by Gasteiger charge is -2.50. The van der Waals surface area contributed by atoms with Gasteiger partial charge in [0.25, 0.3) is 0 Å². The van der Waals surface area contributed by atoms with E-state index in [2.05, 4.69) is 21.1 Å². The van der Waals surface area contributed by atoms with Crippen molar-refractivity contribution in [3.05, 3.63) is 17.1 Å². The van der Waals surface area contributed by atoms with E-state index >= 15 is 0 Å². The van der Waals surface area contributed by atoms with Crippen molar-refractivity contribution in [1.82, 2.24) is 15.0 Å². The molecule has 3 rings (SSSR count). The molecule has 1 unspecified atom stereocenters. The topological polar surface area (TPSA) is 46.2 Å². The molecule has 2 fully saturated rings. The smallest absolute Gasteiger partial charge is 0.114 e. The Morgan fingerprint density at radius 2 is 2.50 bits per heavy atom. The molecule has 1 aromatic rings. The van der Waals surface area contributed by atoms with Gasteiger partial charge in [-0.25, -0.2) is 0 Å². The molecule has 2 saturated heterocycles. The lowest BCUT2D eigenvalue weighted by molar-refractivity contribution is -0.129. The quantitative estimate of drug-likeness (QED) is 0.694. The normalized spacial score (nSPS) is 30.1. The van der Waals surface area contributed by atoms with Crippen LogP contribution in [0.2, 0.25) is 0 Å². The molecule has 2 aliphatic rings. The van der Waals surface area contributed by atoms with Gasteiger partial charge in [0.2, 0.25) is 0 Å². The Morgan fingerprint density at radius 1 is 1.57 bits per heavy atom. The molecular weight excluding hydrogens is 198 g/mol. The van der Waals surface area contributed by atoms with Crippen LogP contribution in [0, 0.1) is 0 Å². The standard InChI is InChI=1S/C9H13N3OS/c1-4-14-12-7(1)8-9(5-10-6-9)13-3-2-11-8/h1,4,8,10-11H,2-3,5-6H2. The molecule has 5 heteroatoms. The summed E-state index contributed by atoms with van der Waals surface area (Å²) in [7, 11) is 0. The number of morpholine rings is 1. The fourth-order valence-corrected chi connectivity index (χ4v) is 2.70. The van der Waals surface area contributed by atoms with E-state index in [1.807, 2.05) is 5.38 Å².